The SMILES string of the molecule is CC(CO)CNC(=O)C1CCC(c2ccccc2)CC1. The number of rotatable bonds is 5. The smallest absolute Gasteiger partial charge is 0.223 e. The zero-order valence-electron chi connectivity index (χ0n) is 12.2. The molecule has 1 amide bonds. The fourth-order valence-electron chi connectivity index (χ4n) is 2.90. The van der Waals surface area contributed by atoms with Crippen LogP contribution in [0.2, 0.25) is 0 Å². The van der Waals surface area contributed by atoms with E-state index in [1.165, 1.54) is 5.56 Å². The highest BCUT2D eigenvalue weighted by Crippen LogP contribution is 2.35. The van der Waals surface area contributed by atoms with E-state index in [0.717, 1.165) is 25.7 Å². The summed E-state index contributed by atoms with van der Waals surface area (Å²) in [6, 6.07) is 10.6. The maximum atomic E-state index is 12.1. The molecule has 110 valence electrons. The van der Waals surface area contributed by atoms with Crippen LogP contribution in [-0.2, 0) is 4.79 Å². The predicted molar refractivity (Wildman–Crippen MR) is 80.4 cm³/mol. The van der Waals surface area contributed by atoms with E-state index in [-0.39, 0.29) is 24.3 Å². The van der Waals surface area contributed by atoms with Crippen LogP contribution in [0.5, 0.6) is 0 Å². The number of aliphatic hydroxyl groups is 1. The van der Waals surface area contributed by atoms with E-state index in [4.69, 9.17) is 5.11 Å². The second-order valence-corrected chi connectivity index (χ2v) is 5.99. The first-order valence-electron chi connectivity index (χ1n) is 7.64. The van der Waals surface area contributed by atoms with E-state index in [0.29, 0.717) is 12.5 Å². The van der Waals surface area contributed by atoms with Crippen molar-refractivity contribution in [1.29, 1.82) is 0 Å². The summed E-state index contributed by atoms with van der Waals surface area (Å²) in [5.74, 6) is 1.06. The van der Waals surface area contributed by atoms with Crippen molar-refractivity contribution in [2.75, 3.05) is 13.2 Å². The number of carbonyl (C=O) groups is 1. The lowest BCUT2D eigenvalue weighted by Crippen LogP contribution is -2.36. The number of nitrogens with one attached hydrogen (secondary N) is 1. The molecule has 0 aromatic heterocycles. The first kappa shape index (κ1) is 15.0. The van der Waals surface area contributed by atoms with Crippen molar-refractivity contribution in [1.82, 2.24) is 5.32 Å². The number of hydrogen-bond acceptors (Lipinski definition) is 2. The summed E-state index contributed by atoms with van der Waals surface area (Å²) in [5, 5.41) is 11.9. The molecular formula is C17H25NO2. The van der Waals surface area contributed by atoms with Crippen molar-refractivity contribution in [2.45, 2.75) is 38.5 Å². The van der Waals surface area contributed by atoms with Gasteiger partial charge in [0.2, 0.25) is 5.91 Å². The second kappa shape index (κ2) is 7.44. The van der Waals surface area contributed by atoms with Gasteiger partial charge >= 0.3 is 0 Å². The fraction of sp³-hybridized carbons (Fsp3) is 0.588. The third kappa shape index (κ3) is 4.07. The fourth-order valence-corrected chi connectivity index (χ4v) is 2.90. The Bertz CT molecular complexity index is 410. The van der Waals surface area contributed by atoms with E-state index in [1.54, 1.807) is 0 Å². The molecule has 1 unspecified atom stereocenters. The summed E-state index contributed by atoms with van der Waals surface area (Å²) in [6.45, 7) is 2.64. The molecule has 20 heavy (non-hydrogen) atoms. The molecule has 1 aliphatic carbocycles. The van der Waals surface area contributed by atoms with Gasteiger partial charge in [0.1, 0.15) is 0 Å². The maximum Gasteiger partial charge on any atom is 0.223 e. The zero-order valence-corrected chi connectivity index (χ0v) is 12.2. The Morgan fingerprint density at radius 2 is 1.90 bits per heavy atom. The first-order chi connectivity index (χ1) is 9.70. The van der Waals surface area contributed by atoms with Gasteiger partial charge in [-0.3, -0.25) is 4.79 Å². The molecule has 0 heterocycles. The summed E-state index contributed by atoms with van der Waals surface area (Å²) in [4.78, 5) is 12.1. The largest absolute Gasteiger partial charge is 0.396 e. The zero-order chi connectivity index (χ0) is 14.4. The van der Waals surface area contributed by atoms with Crippen LogP contribution in [0.3, 0.4) is 0 Å². The highest BCUT2D eigenvalue weighted by Gasteiger charge is 2.26. The molecule has 1 aromatic carbocycles. The van der Waals surface area contributed by atoms with Crippen molar-refractivity contribution >= 4 is 5.91 Å². The van der Waals surface area contributed by atoms with Gasteiger partial charge in [0, 0.05) is 19.1 Å². The quantitative estimate of drug-likeness (QED) is 0.868. The molecule has 3 heteroatoms. The minimum absolute atomic E-state index is 0.126. The molecule has 0 saturated heterocycles. The van der Waals surface area contributed by atoms with Gasteiger partial charge in [-0.2, -0.15) is 0 Å². The van der Waals surface area contributed by atoms with Gasteiger partial charge in [-0.1, -0.05) is 37.3 Å². The van der Waals surface area contributed by atoms with Crippen LogP contribution in [0.15, 0.2) is 30.3 Å². The lowest BCUT2D eigenvalue weighted by molar-refractivity contribution is -0.126. The molecule has 0 radical (unpaired) electrons. The predicted octanol–water partition coefficient (Wildman–Crippen LogP) is 2.71. The standard InChI is InChI=1S/C17H25NO2/c1-13(12-19)11-18-17(20)16-9-7-15(8-10-16)14-5-3-2-4-6-14/h2-6,13,15-16,19H,7-12H2,1H3,(H,18,20). The van der Waals surface area contributed by atoms with E-state index in [9.17, 15) is 4.79 Å². The first-order valence-corrected chi connectivity index (χ1v) is 7.64. The van der Waals surface area contributed by atoms with Crippen LogP contribution in [0.1, 0.15) is 44.1 Å². The summed E-state index contributed by atoms with van der Waals surface area (Å²) in [7, 11) is 0. The summed E-state index contributed by atoms with van der Waals surface area (Å²) in [6.07, 6.45) is 4.13. The van der Waals surface area contributed by atoms with Gasteiger partial charge in [0.05, 0.1) is 0 Å². The van der Waals surface area contributed by atoms with Crippen molar-refractivity contribution in [3.05, 3.63) is 35.9 Å². The van der Waals surface area contributed by atoms with Crippen LogP contribution in [0.4, 0.5) is 0 Å². The van der Waals surface area contributed by atoms with E-state index in [1.807, 2.05) is 13.0 Å². The van der Waals surface area contributed by atoms with Gasteiger partial charge in [0.15, 0.2) is 0 Å². The van der Waals surface area contributed by atoms with Gasteiger partial charge in [-0.15, -0.1) is 0 Å². The Morgan fingerprint density at radius 3 is 2.50 bits per heavy atom. The number of benzene rings is 1. The Labute approximate surface area is 121 Å². The van der Waals surface area contributed by atoms with Gasteiger partial charge < -0.3 is 10.4 Å². The van der Waals surface area contributed by atoms with E-state index in [2.05, 4.69) is 29.6 Å². The van der Waals surface area contributed by atoms with Crippen LogP contribution < -0.4 is 5.32 Å². The topological polar surface area (TPSA) is 49.3 Å². The van der Waals surface area contributed by atoms with Crippen LogP contribution in [-0.4, -0.2) is 24.2 Å². The van der Waals surface area contributed by atoms with Crippen LogP contribution in [0.25, 0.3) is 0 Å². The molecule has 0 bridgehead atoms. The Balaban J connectivity index is 1.78. The molecule has 1 aromatic rings. The van der Waals surface area contributed by atoms with Crippen LogP contribution in [0, 0.1) is 11.8 Å². The lowest BCUT2D eigenvalue weighted by Gasteiger charge is -2.28. The summed E-state index contributed by atoms with van der Waals surface area (Å²) in [5.41, 5.74) is 1.40. The molecular weight excluding hydrogens is 250 g/mol. The Morgan fingerprint density at radius 1 is 1.25 bits per heavy atom. The van der Waals surface area contributed by atoms with E-state index >= 15 is 0 Å². The number of amides is 1. The Hall–Kier alpha value is -1.35. The minimum Gasteiger partial charge on any atom is -0.396 e. The molecule has 2 rings (SSSR count). The molecule has 3 nitrogen and oxygen atoms in total. The second-order valence-electron chi connectivity index (χ2n) is 5.99. The van der Waals surface area contributed by atoms with Gasteiger partial charge in [-0.05, 0) is 43.1 Å². The maximum absolute atomic E-state index is 12.1. The average Bonchev–Trinajstić information content (AvgIpc) is 2.53. The summed E-state index contributed by atoms with van der Waals surface area (Å²) < 4.78 is 0. The van der Waals surface area contributed by atoms with Crippen molar-refractivity contribution in [3.8, 4) is 0 Å². The Kier molecular flexibility index (Phi) is 5.60. The minimum atomic E-state index is 0.126. The number of aliphatic hydroxyl groups excluding tert-OH is 1. The van der Waals surface area contributed by atoms with Crippen LogP contribution >= 0.6 is 0 Å². The molecule has 1 aliphatic rings. The lowest BCUT2D eigenvalue weighted by atomic mass is 9.78. The molecule has 0 spiro atoms. The number of carbonyl (C=O) groups excluding carboxylic acids is 1. The normalized spacial score (nSPS) is 24.1. The summed E-state index contributed by atoms with van der Waals surface area (Å²) >= 11 is 0. The molecule has 1 saturated carbocycles. The monoisotopic (exact) mass is 275 g/mol. The third-order valence-electron chi connectivity index (χ3n) is 4.31. The average molecular weight is 275 g/mol. The van der Waals surface area contributed by atoms with Crippen molar-refractivity contribution < 1.29 is 9.90 Å². The number of hydrogen-bond donors (Lipinski definition) is 2. The van der Waals surface area contributed by atoms with Gasteiger partial charge in [-0.25, -0.2) is 0 Å². The van der Waals surface area contributed by atoms with Gasteiger partial charge in [0.25, 0.3) is 0 Å². The molecule has 1 fully saturated rings. The molecule has 1 atom stereocenters. The highest BCUT2D eigenvalue weighted by atomic mass is 16.3. The molecule has 2 N–H and O–H groups in total. The highest BCUT2D eigenvalue weighted by molar-refractivity contribution is 5.78. The van der Waals surface area contributed by atoms with E-state index < -0.39 is 0 Å². The molecule has 0 aliphatic heterocycles. The third-order valence-corrected chi connectivity index (χ3v) is 4.31. The van der Waals surface area contributed by atoms with Crippen molar-refractivity contribution in [2.24, 2.45) is 11.8 Å². The van der Waals surface area contributed by atoms with Crippen molar-refractivity contribution in [3.63, 3.8) is 0 Å².